The SMILES string of the molecule is CNC(c1ccc(Cl)c(Cl)c1)c1ccnn1C. The maximum Gasteiger partial charge on any atom is 0.0746 e. The van der Waals surface area contributed by atoms with E-state index in [-0.39, 0.29) is 6.04 Å². The van der Waals surface area contributed by atoms with E-state index < -0.39 is 0 Å². The number of nitrogens with zero attached hydrogens (tertiary/aromatic N) is 2. The monoisotopic (exact) mass is 269 g/mol. The first kappa shape index (κ1) is 12.4. The molecule has 0 aliphatic carbocycles. The van der Waals surface area contributed by atoms with Crippen molar-refractivity contribution in [2.24, 2.45) is 7.05 Å². The smallest absolute Gasteiger partial charge is 0.0746 e. The Morgan fingerprint density at radius 1 is 1.24 bits per heavy atom. The number of aryl methyl sites for hydroxylation is 1. The molecule has 5 heteroatoms. The van der Waals surface area contributed by atoms with E-state index in [1.54, 1.807) is 12.3 Å². The summed E-state index contributed by atoms with van der Waals surface area (Å²) >= 11 is 11.9. The fraction of sp³-hybridized carbons (Fsp3) is 0.250. The predicted octanol–water partition coefficient (Wildman–Crippen LogP) is 3.04. The number of benzene rings is 1. The van der Waals surface area contributed by atoms with Gasteiger partial charge in [-0.15, -0.1) is 0 Å². The first-order valence-corrected chi connectivity index (χ1v) is 5.99. The van der Waals surface area contributed by atoms with Crippen LogP contribution in [0.5, 0.6) is 0 Å². The molecule has 0 saturated heterocycles. The topological polar surface area (TPSA) is 29.9 Å². The summed E-state index contributed by atoms with van der Waals surface area (Å²) < 4.78 is 1.84. The molecule has 2 aromatic rings. The minimum absolute atomic E-state index is 0.0530. The van der Waals surface area contributed by atoms with Gasteiger partial charge >= 0.3 is 0 Å². The van der Waals surface area contributed by atoms with Gasteiger partial charge in [0.25, 0.3) is 0 Å². The molecule has 1 heterocycles. The van der Waals surface area contributed by atoms with Crippen molar-refractivity contribution in [1.29, 1.82) is 0 Å². The van der Waals surface area contributed by atoms with Crippen molar-refractivity contribution >= 4 is 23.2 Å². The first-order chi connectivity index (χ1) is 8.13. The van der Waals surface area contributed by atoms with E-state index in [2.05, 4.69) is 10.4 Å². The molecule has 3 nitrogen and oxygen atoms in total. The quantitative estimate of drug-likeness (QED) is 0.929. The normalized spacial score (nSPS) is 12.7. The molecular weight excluding hydrogens is 257 g/mol. The third-order valence-corrected chi connectivity index (χ3v) is 3.46. The second kappa shape index (κ2) is 5.08. The Morgan fingerprint density at radius 2 is 2.00 bits per heavy atom. The van der Waals surface area contributed by atoms with Gasteiger partial charge in [0.2, 0.25) is 0 Å². The molecule has 1 atom stereocenters. The molecular formula is C12H13Cl2N3. The molecule has 1 unspecified atom stereocenters. The van der Waals surface area contributed by atoms with E-state index >= 15 is 0 Å². The van der Waals surface area contributed by atoms with E-state index in [1.807, 2.05) is 37.0 Å². The highest BCUT2D eigenvalue weighted by atomic mass is 35.5. The molecule has 0 aliphatic heterocycles. The van der Waals surface area contributed by atoms with Crippen LogP contribution in [0, 0.1) is 0 Å². The number of hydrogen-bond acceptors (Lipinski definition) is 2. The fourth-order valence-electron chi connectivity index (χ4n) is 1.84. The van der Waals surface area contributed by atoms with Crippen molar-refractivity contribution in [3.63, 3.8) is 0 Å². The summed E-state index contributed by atoms with van der Waals surface area (Å²) in [5.74, 6) is 0. The summed E-state index contributed by atoms with van der Waals surface area (Å²) in [5.41, 5.74) is 2.14. The van der Waals surface area contributed by atoms with Crippen LogP contribution < -0.4 is 5.32 Å². The number of halogens is 2. The lowest BCUT2D eigenvalue weighted by molar-refractivity contribution is 0.606. The number of rotatable bonds is 3. The third-order valence-electron chi connectivity index (χ3n) is 2.72. The van der Waals surface area contributed by atoms with E-state index in [0.29, 0.717) is 10.0 Å². The van der Waals surface area contributed by atoms with Crippen LogP contribution in [0.15, 0.2) is 30.5 Å². The van der Waals surface area contributed by atoms with E-state index in [4.69, 9.17) is 23.2 Å². The zero-order valence-corrected chi connectivity index (χ0v) is 11.1. The summed E-state index contributed by atoms with van der Waals surface area (Å²) in [7, 11) is 3.82. The molecule has 0 aliphatic rings. The maximum absolute atomic E-state index is 6.03. The van der Waals surface area contributed by atoms with Gasteiger partial charge in [-0.1, -0.05) is 29.3 Å². The summed E-state index contributed by atoms with van der Waals surface area (Å²) in [6, 6.07) is 7.67. The van der Waals surface area contributed by atoms with Gasteiger partial charge in [-0.25, -0.2) is 0 Å². The highest BCUT2D eigenvalue weighted by Crippen LogP contribution is 2.28. The standard InChI is InChI=1S/C12H13Cl2N3/c1-15-12(11-5-6-16-17(11)2)8-3-4-9(13)10(14)7-8/h3-7,12,15H,1-2H3. The molecule has 2 rings (SSSR count). The van der Waals surface area contributed by atoms with Crippen LogP contribution in [-0.2, 0) is 7.05 Å². The summed E-state index contributed by atoms with van der Waals surface area (Å²) in [6.07, 6.45) is 1.77. The van der Waals surface area contributed by atoms with Crippen LogP contribution in [-0.4, -0.2) is 16.8 Å². The Kier molecular flexibility index (Phi) is 3.72. The highest BCUT2D eigenvalue weighted by molar-refractivity contribution is 6.42. The fourth-order valence-corrected chi connectivity index (χ4v) is 2.15. The van der Waals surface area contributed by atoms with Gasteiger partial charge in [-0.05, 0) is 30.8 Å². The molecule has 0 fully saturated rings. The van der Waals surface area contributed by atoms with Crippen LogP contribution in [0.2, 0.25) is 10.0 Å². The van der Waals surface area contributed by atoms with Crippen molar-refractivity contribution in [3.05, 3.63) is 51.8 Å². The Balaban J connectivity index is 2.42. The number of aromatic nitrogens is 2. The molecule has 1 N–H and O–H groups in total. The van der Waals surface area contributed by atoms with Crippen molar-refractivity contribution in [2.75, 3.05) is 7.05 Å². The number of hydrogen-bond donors (Lipinski definition) is 1. The zero-order valence-electron chi connectivity index (χ0n) is 9.61. The molecule has 0 saturated carbocycles. The summed E-state index contributed by atoms with van der Waals surface area (Å²) in [5, 5.41) is 8.54. The largest absolute Gasteiger partial charge is 0.308 e. The van der Waals surface area contributed by atoms with Crippen molar-refractivity contribution < 1.29 is 0 Å². The van der Waals surface area contributed by atoms with Gasteiger partial charge in [0.15, 0.2) is 0 Å². The van der Waals surface area contributed by atoms with Crippen LogP contribution in [0.4, 0.5) is 0 Å². The van der Waals surface area contributed by atoms with Gasteiger partial charge in [-0.2, -0.15) is 5.10 Å². The summed E-state index contributed by atoms with van der Waals surface area (Å²) in [4.78, 5) is 0. The Labute approximate surface area is 110 Å². The highest BCUT2D eigenvalue weighted by Gasteiger charge is 2.16. The lowest BCUT2D eigenvalue weighted by Crippen LogP contribution is -2.20. The van der Waals surface area contributed by atoms with E-state index in [1.165, 1.54) is 0 Å². The molecule has 90 valence electrons. The van der Waals surface area contributed by atoms with Crippen LogP contribution in [0.1, 0.15) is 17.3 Å². The van der Waals surface area contributed by atoms with Crippen LogP contribution in [0.3, 0.4) is 0 Å². The summed E-state index contributed by atoms with van der Waals surface area (Å²) in [6.45, 7) is 0. The Bertz CT molecular complexity index is 522. The Morgan fingerprint density at radius 3 is 2.53 bits per heavy atom. The molecule has 0 spiro atoms. The number of nitrogens with one attached hydrogen (secondary N) is 1. The lowest BCUT2D eigenvalue weighted by Gasteiger charge is -2.17. The van der Waals surface area contributed by atoms with E-state index in [0.717, 1.165) is 11.3 Å². The Hall–Kier alpha value is -1.03. The minimum atomic E-state index is 0.0530. The molecule has 0 radical (unpaired) electrons. The first-order valence-electron chi connectivity index (χ1n) is 5.23. The molecule has 17 heavy (non-hydrogen) atoms. The molecule has 1 aromatic carbocycles. The van der Waals surface area contributed by atoms with Crippen molar-refractivity contribution in [2.45, 2.75) is 6.04 Å². The minimum Gasteiger partial charge on any atom is -0.308 e. The van der Waals surface area contributed by atoms with Gasteiger partial charge < -0.3 is 5.32 Å². The average molecular weight is 270 g/mol. The lowest BCUT2D eigenvalue weighted by atomic mass is 10.0. The second-order valence-electron chi connectivity index (χ2n) is 3.77. The van der Waals surface area contributed by atoms with Crippen LogP contribution in [0.25, 0.3) is 0 Å². The predicted molar refractivity (Wildman–Crippen MR) is 70.6 cm³/mol. The molecule has 0 bridgehead atoms. The van der Waals surface area contributed by atoms with Gasteiger partial charge in [0.05, 0.1) is 21.8 Å². The molecule has 0 amide bonds. The van der Waals surface area contributed by atoms with Gasteiger partial charge in [0, 0.05) is 13.2 Å². The van der Waals surface area contributed by atoms with E-state index in [9.17, 15) is 0 Å². The van der Waals surface area contributed by atoms with Crippen molar-refractivity contribution in [1.82, 2.24) is 15.1 Å². The zero-order chi connectivity index (χ0) is 12.4. The van der Waals surface area contributed by atoms with Gasteiger partial charge in [-0.3, -0.25) is 4.68 Å². The van der Waals surface area contributed by atoms with Gasteiger partial charge in [0.1, 0.15) is 0 Å². The average Bonchev–Trinajstić information content (AvgIpc) is 2.71. The second-order valence-corrected chi connectivity index (χ2v) is 4.59. The molecule has 1 aromatic heterocycles. The third kappa shape index (κ3) is 2.46. The van der Waals surface area contributed by atoms with Crippen LogP contribution >= 0.6 is 23.2 Å². The maximum atomic E-state index is 6.03. The van der Waals surface area contributed by atoms with Crippen molar-refractivity contribution in [3.8, 4) is 0 Å².